The molecule has 0 atom stereocenters. The van der Waals surface area contributed by atoms with E-state index in [-0.39, 0.29) is 29.2 Å². The summed E-state index contributed by atoms with van der Waals surface area (Å²) in [5.74, 6) is -1.13. The SMILES string of the molecule is CC1(CC(=O)c2ccc([N+](=O)[O-])cc2)C(=O)c2ccccc2C1=O. The van der Waals surface area contributed by atoms with E-state index in [1.54, 1.807) is 24.3 Å². The zero-order chi connectivity index (χ0) is 17.5. The van der Waals surface area contributed by atoms with Gasteiger partial charge >= 0.3 is 0 Å². The summed E-state index contributed by atoms with van der Waals surface area (Å²) < 4.78 is 0. The zero-order valence-electron chi connectivity index (χ0n) is 12.8. The fourth-order valence-corrected chi connectivity index (χ4v) is 2.93. The van der Waals surface area contributed by atoms with Gasteiger partial charge in [-0.2, -0.15) is 0 Å². The van der Waals surface area contributed by atoms with Crippen molar-refractivity contribution < 1.29 is 19.3 Å². The minimum Gasteiger partial charge on any atom is -0.294 e. The molecule has 1 aliphatic carbocycles. The first-order valence-corrected chi connectivity index (χ1v) is 7.31. The predicted octanol–water partition coefficient (Wildman–Crippen LogP) is 3.25. The number of nitro groups is 1. The molecule has 0 amide bonds. The largest absolute Gasteiger partial charge is 0.294 e. The van der Waals surface area contributed by atoms with Crippen LogP contribution in [0, 0.1) is 15.5 Å². The van der Waals surface area contributed by atoms with Gasteiger partial charge in [-0.25, -0.2) is 0 Å². The molecule has 0 N–H and O–H groups in total. The highest BCUT2D eigenvalue weighted by molar-refractivity contribution is 6.30. The molecule has 0 spiro atoms. The minimum atomic E-state index is -1.43. The van der Waals surface area contributed by atoms with Crippen LogP contribution in [0.2, 0.25) is 0 Å². The van der Waals surface area contributed by atoms with Crippen LogP contribution in [-0.4, -0.2) is 22.3 Å². The molecule has 0 bridgehead atoms. The van der Waals surface area contributed by atoms with Gasteiger partial charge in [0.25, 0.3) is 5.69 Å². The number of hydrogen-bond donors (Lipinski definition) is 0. The Hall–Kier alpha value is -3.15. The Morgan fingerprint density at radius 2 is 1.50 bits per heavy atom. The second kappa shape index (κ2) is 5.49. The quantitative estimate of drug-likeness (QED) is 0.372. The van der Waals surface area contributed by atoms with E-state index < -0.39 is 16.1 Å². The van der Waals surface area contributed by atoms with Crippen LogP contribution in [0.25, 0.3) is 0 Å². The lowest BCUT2D eigenvalue weighted by atomic mass is 9.79. The molecule has 0 radical (unpaired) electrons. The monoisotopic (exact) mass is 323 g/mol. The highest BCUT2D eigenvalue weighted by Crippen LogP contribution is 2.39. The molecule has 0 unspecified atom stereocenters. The third kappa shape index (κ3) is 2.32. The van der Waals surface area contributed by atoms with E-state index in [1.165, 1.54) is 31.2 Å². The first-order valence-electron chi connectivity index (χ1n) is 7.31. The topological polar surface area (TPSA) is 94.3 Å². The molecule has 24 heavy (non-hydrogen) atoms. The van der Waals surface area contributed by atoms with E-state index in [9.17, 15) is 24.5 Å². The first-order chi connectivity index (χ1) is 11.3. The van der Waals surface area contributed by atoms with Gasteiger partial charge in [-0.3, -0.25) is 24.5 Å². The number of rotatable bonds is 4. The number of nitro benzene ring substituents is 1. The molecular weight excluding hydrogens is 310 g/mol. The van der Waals surface area contributed by atoms with Gasteiger partial charge < -0.3 is 0 Å². The summed E-state index contributed by atoms with van der Waals surface area (Å²) in [7, 11) is 0. The molecule has 0 saturated heterocycles. The highest BCUT2D eigenvalue weighted by atomic mass is 16.6. The molecule has 0 aliphatic heterocycles. The van der Waals surface area contributed by atoms with Crippen LogP contribution in [0.15, 0.2) is 48.5 Å². The second-order valence-electron chi connectivity index (χ2n) is 5.94. The second-order valence-corrected chi connectivity index (χ2v) is 5.94. The number of carbonyl (C=O) groups is 3. The third-order valence-corrected chi connectivity index (χ3v) is 4.33. The number of benzene rings is 2. The maximum atomic E-state index is 12.6. The average Bonchev–Trinajstić information content (AvgIpc) is 2.77. The van der Waals surface area contributed by atoms with Crippen molar-refractivity contribution in [1.29, 1.82) is 0 Å². The van der Waals surface area contributed by atoms with Crippen molar-refractivity contribution in [2.75, 3.05) is 0 Å². The predicted molar refractivity (Wildman–Crippen MR) is 85.3 cm³/mol. The Bertz CT molecular complexity index is 848. The number of carbonyl (C=O) groups excluding carboxylic acids is 3. The standard InChI is InChI=1S/C18H13NO5/c1-18(16(21)13-4-2-3-5-14(13)17(18)22)10-15(20)11-6-8-12(9-7-11)19(23)24/h2-9H,10H2,1H3. The molecule has 0 aromatic heterocycles. The van der Waals surface area contributed by atoms with E-state index in [1.807, 2.05) is 0 Å². The summed E-state index contributed by atoms with van der Waals surface area (Å²) in [4.78, 5) is 47.7. The smallest absolute Gasteiger partial charge is 0.269 e. The van der Waals surface area contributed by atoms with Crippen molar-refractivity contribution in [2.24, 2.45) is 5.41 Å². The Morgan fingerprint density at radius 1 is 1.00 bits per heavy atom. The Kier molecular flexibility index (Phi) is 3.60. The summed E-state index contributed by atoms with van der Waals surface area (Å²) >= 11 is 0. The van der Waals surface area contributed by atoms with E-state index in [4.69, 9.17) is 0 Å². The van der Waals surface area contributed by atoms with Crippen molar-refractivity contribution in [2.45, 2.75) is 13.3 Å². The van der Waals surface area contributed by atoms with Crippen LogP contribution in [0.4, 0.5) is 5.69 Å². The highest BCUT2D eigenvalue weighted by Gasteiger charge is 2.50. The third-order valence-electron chi connectivity index (χ3n) is 4.33. The molecule has 6 heteroatoms. The number of Topliss-reactive ketones (excluding diaryl/α,β-unsaturated/α-hetero) is 3. The van der Waals surface area contributed by atoms with Crippen molar-refractivity contribution >= 4 is 23.0 Å². The van der Waals surface area contributed by atoms with Crippen LogP contribution in [-0.2, 0) is 0 Å². The molecule has 0 heterocycles. The van der Waals surface area contributed by atoms with Crippen LogP contribution in [0.3, 0.4) is 0 Å². The Morgan fingerprint density at radius 3 is 1.96 bits per heavy atom. The fourth-order valence-electron chi connectivity index (χ4n) is 2.93. The van der Waals surface area contributed by atoms with E-state index in [0.717, 1.165) is 0 Å². The van der Waals surface area contributed by atoms with Crippen LogP contribution in [0.5, 0.6) is 0 Å². The summed E-state index contributed by atoms with van der Waals surface area (Å²) in [5, 5.41) is 10.7. The van der Waals surface area contributed by atoms with E-state index in [2.05, 4.69) is 0 Å². The van der Waals surface area contributed by atoms with E-state index in [0.29, 0.717) is 11.1 Å². The fraction of sp³-hybridized carbons (Fsp3) is 0.167. The summed E-state index contributed by atoms with van der Waals surface area (Å²) in [6.45, 7) is 1.47. The number of non-ortho nitro benzene ring substituents is 1. The first kappa shape index (κ1) is 15.7. The van der Waals surface area contributed by atoms with Gasteiger partial charge in [-0.1, -0.05) is 24.3 Å². The molecule has 3 rings (SSSR count). The summed E-state index contributed by atoms with van der Waals surface area (Å²) in [5.41, 5.74) is -0.651. The number of ketones is 3. The van der Waals surface area contributed by atoms with Gasteiger partial charge in [0, 0.05) is 35.2 Å². The van der Waals surface area contributed by atoms with Gasteiger partial charge in [-0.05, 0) is 19.1 Å². The molecule has 6 nitrogen and oxygen atoms in total. The van der Waals surface area contributed by atoms with Crippen molar-refractivity contribution in [3.8, 4) is 0 Å². The van der Waals surface area contributed by atoms with Crippen molar-refractivity contribution in [3.63, 3.8) is 0 Å². The number of nitrogens with zero attached hydrogens (tertiary/aromatic N) is 1. The lowest BCUT2D eigenvalue weighted by molar-refractivity contribution is -0.384. The van der Waals surface area contributed by atoms with Gasteiger partial charge in [0.15, 0.2) is 17.3 Å². The van der Waals surface area contributed by atoms with Gasteiger partial charge in [-0.15, -0.1) is 0 Å². The molecule has 0 fully saturated rings. The molecule has 1 aliphatic rings. The van der Waals surface area contributed by atoms with E-state index >= 15 is 0 Å². The lowest BCUT2D eigenvalue weighted by Crippen LogP contribution is -2.32. The Labute approximate surface area is 137 Å². The summed E-state index contributed by atoms with van der Waals surface area (Å²) in [6, 6.07) is 11.6. The average molecular weight is 323 g/mol. The summed E-state index contributed by atoms with van der Waals surface area (Å²) in [6.07, 6.45) is -0.267. The molecule has 0 saturated carbocycles. The maximum Gasteiger partial charge on any atom is 0.269 e. The van der Waals surface area contributed by atoms with Crippen molar-refractivity contribution in [1.82, 2.24) is 0 Å². The normalized spacial score (nSPS) is 15.2. The number of hydrogen-bond acceptors (Lipinski definition) is 5. The van der Waals surface area contributed by atoms with Crippen LogP contribution in [0.1, 0.15) is 44.4 Å². The molecule has 2 aromatic rings. The minimum absolute atomic E-state index is 0.127. The van der Waals surface area contributed by atoms with Gasteiger partial charge in [0.05, 0.1) is 4.92 Å². The van der Waals surface area contributed by atoms with Gasteiger partial charge in [0.2, 0.25) is 0 Å². The molecule has 2 aromatic carbocycles. The molecule has 120 valence electrons. The van der Waals surface area contributed by atoms with Crippen molar-refractivity contribution in [3.05, 3.63) is 75.3 Å². The number of fused-ring (bicyclic) bond motifs is 1. The zero-order valence-corrected chi connectivity index (χ0v) is 12.8. The molecular formula is C18H13NO5. The maximum absolute atomic E-state index is 12.6. The lowest BCUT2D eigenvalue weighted by Gasteiger charge is -2.19. The van der Waals surface area contributed by atoms with Crippen LogP contribution >= 0.6 is 0 Å². The Balaban J connectivity index is 1.88. The van der Waals surface area contributed by atoms with Crippen LogP contribution < -0.4 is 0 Å². The van der Waals surface area contributed by atoms with Gasteiger partial charge in [0.1, 0.15) is 5.41 Å².